The molecule has 1 aromatic carbocycles. The summed E-state index contributed by atoms with van der Waals surface area (Å²) in [5, 5.41) is 6.01. The lowest BCUT2D eigenvalue weighted by Gasteiger charge is -2.31. The number of nitrogen functional groups attached to an aromatic ring is 1. The topological polar surface area (TPSA) is 50.9 Å². The van der Waals surface area contributed by atoms with Crippen LogP contribution in [-0.4, -0.2) is 11.0 Å². The predicted octanol–water partition coefficient (Wildman–Crippen LogP) is 4.59. The molecule has 1 aliphatic rings. The summed E-state index contributed by atoms with van der Waals surface area (Å²) in [4.78, 5) is 4.20. The van der Waals surface area contributed by atoms with Crippen molar-refractivity contribution in [2.45, 2.75) is 51.5 Å². The number of nitrogens with two attached hydrogens (primary N) is 1. The Hall–Kier alpha value is -1.77. The van der Waals surface area contributed by atoms with Crippen LogP contribution in [0.2, 0.25) is 0 Å². The number of anilines is 2. The number of rotatable bonds is 4. The van der Waals surface area contributed by atoms with Gasteiger partial charge in [0.15, 0.2) is 0 Å². The molecule has 3 N–H and O–H groups in total. The van der Waals surface area contributed by atoms with Crippen LogP contribution in [0, 0.1) is 5.92 Å². The lowest BCUT2D eigenvalue weighted by atomic mass is 9.82. The summed E-state index contributed by atoms with van der Waals surface area (Å²) in [7, 11) is 0. The van der Waals surface area contributed by atoms with Crippen LogP contribution < -0.4 is 11.1 Å². The highest BCUT2D eigenvalue weighted by Gasteiger charge is 2.22. The van der Waals surface area contributed by atoms with E-state index < -0.39 is 0 Å². The predicted molar refractivity (Wildman–Crippen MR) is 90.4 cm³/mol. The fraction of sp³-hybridized carbons (Fsp3) is 0.500. The van der Waals surface area contributed by atoms with E-state index in [2.05, 4.69) is 29.4 Å². The van der Waals surface area contributed by atoms with Gasteiger partial charge in [-0.25, -0.2) is 0 Å². The minimum absolute atomic E-state index is 0.560. The minimum Gasteiger partial charge on any atom is -0.398 e. The highest BCUT2D eigenvalue weighted by atomic mass is 14.9. The SMILES string of the molecule is CCC(Nc1ccc(N)c2cnccc12)C1CCCCC1. The quantitative estimate of drug-likeness (QED) is 0.807. The number of hydrogen-bond acceptors (Lipinski definition) is 3. The number of fused-ring (bicyclic) bond motifs is 1. The van der Waals surface area contributed by atoms with Gasteiger partial charge in [0.1, 0.15) is 0 Å². The molecule has 1 saturated carbocycles. The maximum absolute atomic E-state index is 6.06. The standard InChI is InChI=1S/C18H25N3/c1-2-17(13-6-4-3-5-7-13)21-18-9-8-16(19)15-12-20-11-10-14(15)18/h8-13,17,21H,2-7,19H2,1H3. The van der Waals surface area contributed by atoms with E-state index in [4.69, 9.17) is 5.73 Å². The first kappa shape index (κ1) is 14.2. The van der Waals surface area contributed by atoms with Crippen molar-refractivity contribution in [3.63, 3.8) is 0 Å². The van der Waals surface area contributed by atoms with Crippen molar-refractivity contribution >= 4 is 22.1 Å². The molecule has 3 heteroatoms. The van der Waals surface area contributed by atoms with Gasteiger partial charge in [-0.15, -0.1) is 0 Å². The van der Waals surface area contributed by atoms with Crippen molar-refractivity contribution in [2.24, 2.45) is 5.92 Å². The van der Waals surface area contributed by atoms with Gasteiger partial charge in [0.25, 0.3) is 0 Å². The number of pyridine rings is 1. The fourth-order valence-electron chi connectivity index (χ4n) is 3.63. The molecule has 3 nitrogen and oxygen atoms in total. The first-order valence-corrected chi connectivity index (χ1v) is 8.18. The molecule has 0 spiro atoms. The molecule has 0 radical (unpaired) electrons. The van der Waals surface area contributed by atoms with Gasteiger partial charge in [-0.1, -0.05) is 26.2 Å². The van der Waals surface area contributed by atoms with Crippen LogP contribution in [-0.2, 0) is 0 Å². The first-order chi connectivity index (χ1) is 10.3. The second-order valence-electron chi connectivity index (χ2n) is 6.18. The first-order valence-electron chi connectivity index (χ1n) is 8.18. The number of nitrogens with zero attached hydrogens (tertiary/aromatic N) is 1. The van der Waals surface area contributed by atoms with Crippen LogP contribution in [0.1, 0.15) is 45.4 Å². The van der Waals surface area contributed by atoms with Crippen LogP contribution in [0.3, 0.4) is 0 Å². The molecule has 2 aromatic rings. The third kappa shape index (κ3) is 2.97. The number of hydrogen-bond donors (Lipinski definition) is 2. The van der Waals surface area contributed by atoms with Gasteiger partial charge < -0.3 is 11.1 Å². The lowest BCUT2D eigenvalue weighted by Crippen LogP contribution is -2.30. The van der Waals surface area contributed by atoms with Gasteiger partial charge in [-0.05, 0) is 43.4 Å². The van der Waals surface area contributed by atoms with E-state index in [0.717, 1.165) is 17.0 Å². The van der Waals surface area contributed by atoms with Gasteiger partial charge in [-0.3, -0.25) is 4.98 Å². The molecule has 1 heterocycles. The molecular formula is C18H25N3. The highest BCUT2D eigenvalue weighted by molar-refractivity contribution is 6.00. The van der Waals surface area contributed by atoms with Gasteiger partial charge >= 0.3 is 0 Å². The molecule has 0 amide bonds. The van der Waals surface area contributed by atoms with E-state index in [1.165, 1.54) is 49.6 Å². The summed E-state index contributed by atoms with van der Waals surface area (Å²) in [6.45, 7) is 2.29. The van der Waals surface area contributed by atoms with Crippen LogP contribution in [0.4, 0.5) is 11.4 Å². The van der Waals surface area contributed by atoms with E-state index in [0.29, 0.717) is 6.04 Å². The maximum Gasteiger partial charge on any atom is 0.0424 e. The van der Waals surface area contributed by atoms with E-state index in [1.54, 1.807) is 0 Å². The van der Waals surface area contributed by atoms with Crippen molar-refractivity contribution in [2.75, 3.05) is 11.1 Å². The zero-order valence-corrected chi connectivity index (χ0v) is 12.8. The lowest BCUT2D eigenvalue weighted by molar-refractivity contribution is 0.313. The fourth-order valence-corrected chi connectivity index (χ4v) is 3.63. The summed E-state index contributed by atoms with van der Waals surface area (Å²) in [5.74, 6) is 0.804. The number of benzene rings is 1. The Morgan fingerprint density at radius 3 is 2.76 bits per heavy atom. The van der Waals surface area contributed by atoms with Gasteiger partial charge in [-0.2, -0.15) is 0 Å². The number of aromatic nitrogens is 1. The second kappa shape index (κ2) is 6.33. The zero-order chi connectivity index (χ0) is 14.7. The van der Waals surface area contributed by atoms with Crippen molar-refractivity contribution in [3.05, 3.63) is 30.6 Å². The Labute approximate surface area is 127 Å². The molecule has 1 unspecified atom stereocenters. The average Bonchev–Trinajstić information content (AvgIpc) is 2.55. The summed E-state index contributed by atoms with van der Waals surface area (Å²) in [5.41, 5.74) is 8.06. The van der Waals surface area contributed by atoms with Crippen molar-refractivity contribution in [1.29, 1.82) is 0 Å². The molecule has 0 bridgehead atoms. The summed E-state index contributed by atoms with van der Waals surface area (Å²) >= 11 is 0. The Morgan fingerprint density at radius 2 is 2.00 bits per heavy atom. The van der Waals surface area contributed by atoms with Crippen molar-refractivity contribution < 1.29 is 0 Å². The molecule has 0 aliphatic heterocycles. The van der Waals surface area contributed by atoms with Gasteiger partial charge in [0.2, 0.25) is 0 Å². The normalized spacial score (nSPS) is 17.8. The van der Waals surface area contributed by atoms with Crippen LogP contribution in [0.5, 0.6) is 0 Å². The van der Waals surface area contributed by atoms with Gasteiger partial charge in [0.05, 0.1) is 0 Å². The van der Waals surface area contributed by atoms with E-state index in [-0.39, 0.29) is 0 Å². The minimum atomic E-state index is 0.560. The van der Waals surface area contributed by atoms with Crippen molar-refractivity contribution in [3.8, 4) is 0 Å². The summed E-state index contributed by atoms with van der Waals surface area (Å²) in [6.07, 6.45) is 11.8. The van der Waals surface area contributed by atoms with Crippen LogP contribution in [0.25, 0.3) is 10.8 Å². The summed E-state index contributed by atoms with van der Waals surface area (Å²) < 4.78 is 0. The van der Waals surface area contributed by atoms with E-state index >= 15 is 0 Å². The molecule has 1 aliphatic carbocycles. The Morgan fingerprint density at radius 1 is 1.19 bits per heavy atom. The molecule has 1 fully saturated rings. The van der Waals surface area contributed by atoms with Gasteiger partial charge in [0, 0.05) is 40.6 Å². The third-order valence-electron chi connectivity index (χ3n) is 4.85. The van der Waals surface area contributed by atoms with E-state index in [1.807, 2.05) is 18.5 Å². The van der Waals surface area contributed by atoms with E-state index in [9.17, 15) is 0 Å². The third-order valence-corrected chi connectivity index (χ3v) is 4.85. The molecule has 0 saturated heterocycles. The van der Waals surface area contributed by atoms with Crippen molar-refractivity contribution in [1.82, 2.24) is 4.98 Å². The molecule has 112 valence electrons. The smallest absolute Gasteiger partial charge is 0.0424 e. The maximum atomic E-state index is 6.06. The highest BCUT2D eigenvalue weighted by Crippen LogP contribution is 2.33. The molecule has 21 heavy (non-hydrogen) atoms. The second-order valence-corrected chi connectivity index (χ2v) is 6.18. The largest absolute Gasteiger partial charge is 0.398 e. The zero-order valence-electron chi connectivity index (χ0n) is 12.8. The molecule has 1 aromatic heterocycles. The average molecular weight is 283 g/mol. The Bertz CT molecular complexity index is 602. The Kier molecular flexibility index (Phi) is 4.28. The molecular weight excluding hydrogens is 258 g/mol. The Balaban J connectivity index is 1.87. The molecule has 1 atom stereocenters. The monoisotopic (exact) mass is 283 g/mol. The van der Waals surface area contributed by atoms with Crippen LogP contribution >= 0.6 is 0 Å². The number of nitrogens with one attached hydrogen (secondary N) is 1. The van der Waals surface area contributed by atoms with Crippen LogP contribution in [0.15, 0.2) is 30.6 Å². The summed E-state index contributed by atoms with van der Waals surface area (Å²) in [6, 6.07) is 6.72. The molecule has 3 rings (SSSR count).